The molecule has 2 aromatic carbocycles. The molecule has 3 aliphatic heterocycles. The summed E-state index contributed by atoms with van der Waals surface area (Å²) in [5.41, 5.74) is 1.87. The van der Waals surface area contributed by atoms with E-state index >= 15 is 0 Å². The summed E-state index contributed by atoms with van der Waals surface area (Å²) in [7, 11) is 1.50. The number of methoxy groups -OCH3 is 1. The fourth-order valence-corrected chi connectivity index (χ4v) is 8.16. The molecule has 11 heteroatoms. The first-order valence-electron chi connectivity index (χ1n) is 17.8. The molecule has 3 heterocycles. The molecule has 0 saturated carbocycles. The Kier molecular flexibility index (Phi) is 12.2. The quantitative estimate of drug-likeness (QED) is 0.184. The molecule has 0 unspecified atom stereocenters. The third-order valence-corrected chi connectivity index (χ3v) is 10.6. The topological polar surface area (TPSA) is 135 Å². The molecule has 1 spiro atoms. The van der Waals surface area contributed by atoms with E-state index in [1.165, 1.54) is 12.0 Å². The van der Waals surface area contributed by atoms with Crippen LogP contribution < -0.4 is 10.2 Å². The number of allylic oxidation sites excluding steroid dienone is 1. The molecule has 51 heavy (non-hydrogen) atoms. The van der Waals surface area contributed by atoms with Gasteiger partial charge >= 0.3 is 5.97 Å². The molecule has 0 aliphatic carbocycles. The molecule has 0 radical (unpaired) electrons. The normalized spacial score (nSPS) is 25.1. The standard InChI is InChI=1S/C40H51N3O8/c1-7-10-16-32(45)41-29(24-49-6)35(27-14-12-11-13-15-27)50-39(48)33-31-19-20-40(51-31)34(33)37(46)43(28(9-3)23-44)36(40)38(47)42(21-8-2)30-22-25(4)17-18-26(30)5/h7-8,11-15,17-18,22,28-29,31,33-36,44H,1-2,9-10,16,19-21,23-24H2,3-6H3,(H,41,45)/t28-,29+,31-,33+,34+,35+,36-,40+/m0/s1. The highest BCUT2D eigenvalue weighted by atomic mass is 16.6. The SMILES string of the molecule is C=CCCC(=O)N[C@H](COC)[C@H](OC(=O)[C@@H]1[C@@H]2CC[C@]3(O2)[C@H](C(=O)N(CC=C)c2cc(C)ccc2C)N([C@@H](CC)CO)C(=O)[C@@H]13)c1ccccc1. The molecule has 2 bridgehead atoms. The van der Waals surface area contributed by atoms with Crippen molar-refractivity contribution < 1.29 is 38.5 Å². The third-order valence-electron chi connectivity index (χ3n) is 10.6. The Hall–Kier alpha value is -4.32. The summed E-state index contributed by atoms with van der Waals surface area (Å²) in [4.78, 5) is 60.1. The van der Waals surface area contributed by atoms with Gasteiger partial charge in [0.1, 0.15) is 17.7 Å². The number of ether oxygens (including phenoxy) is 3. The Bertz CT molecular complexity index is 1610. The first-order chi connectivity index (χ1) is 24.6. The van der Waals surface area contributed by atoms with Crippen LogP contribution in [-0.4, -0.2) is 90.4 Å². The van der Waals surface area contributed by atoms with Crippen molar-refractivity contribution in [3.05, 3.63) is 90.5 Å². The van der Waals surface area contributed by atoms with E-state index < -0.39 is 59.6 Å². The zero-order valence-electron chi connectivity index (χ0n) is 30.1. The van der Waals surface area contributed by atoms with E-state index in [1.54, 1.807) is 29.2 Å². The second kappa shape index (κ2) is 16.4. The molecule has 3 saturated heterocycles. The summed E-state index contributed by atoms with van der Waals surface area (Å²) < 4.78 is 18.5. The second-order valence-electron chi connectivity index (χ2n) is 13.8. The molecular formula is C40H51N3O8. The molecule has 2 N–H and O–H groups in total. The van der Waals surface area contributed by atoms with Crippen molar-refractivity contribution in [2.24, 2.45) is 11.8 Å². The van der Waals surface area contributed by atoms with Crippen LogP contribution in [0.25, 0.3) is 0 Å². The number of fused-ring (bicyclic) bond motifs is 1. The highest BCUT2D eigenvalue weighted by Gasteiger charge is 2.75. The number of amides is 3. The van der Waals surface area contributed by atoms with Crippen molar-refractivity contribution >= 4 is 29.4 Å². The molecule has 5 rings (SSSR count). The minimum atomic E-state index is -1.31. The number of aryl methyl sites for hydroxylation is 2. The third kappa shape index (κ3) is 7.24. The molecule has 3 aliphatic rings. The number of carbonyl (C=O) groups excluding carboxylic acids is 4. The van der Waals surface area contributed by atoms with E-state index in [1.807, 2.05) is 57.2 Å². The average molecular weight is 702 g/mol. The van der Waals surface area contributed by atoms with Gasteiger partial charge in [0.05, 0.1) is 43.2 Å². The fraction of sp³-hybridized carbons (Fsp3) is 0.500. The number of aliphatic hydroxyl groups is 1. The van der Waals surface area contributed by atoms with Gasteiger partial charge in [-0.25, -0.2) is 0 Å². The van der Waals surface area contributed by atoms with E-state index in [0.29, 0.717) is 36.9 Å². The van der Waals surface area contributed by atoms with Gasteiger partial charge in [-0.15, -0.1) is 13.2 Å². The Balaban J connectivity index is 1.53. The van der Waals surface area contributed by atoms with Crippen LogP contribution in [0.2, 0.25) is 0 Å². The zero-order chi connectivity index (χ0) is 36.9. The van der Waals surface area contributed by atoms with E-state index in [4.69, 9.17) is 14.2 Å². The van der Waals surface area contributed by atoms with Gasteiger partial charge < -0.3 is 34.4 Å². The lowest BCUT2D eigenvalue weighted by Crippen LogP contribution is -2.59. The average Bonchev–Trinajstić information content (AvgIpc) is 3.78. The molecule has 3 amide bonds. The van der Waals surface area contributed by atoms with Gasteiger partial charge in [0.25, 0.3) is 5.91 Å². The maximum Gasteiger partial charge on any atom is 0.313 e. The molecule has 3 fully saturated rings. The fourth-order valence-electron chi connectivity index (χ4n) is 8.16. The minimum Gasteiger partial charge on any atom is -0.455 e. The largest absolute Gasteiger partial charge is 0.455 e. The number of aliphatic hydroxyl groups excluding tert-OH is 1. The van der Waals surface area contributed by atoms with E-state index in [2.05, 4.69) is 18.5 Å². The summed E-state index contributed by atoms with van der Waals surface area (Å²) in [5, 5.41) is 13.5. The van der Waals surface area contributed by atoms with Gasteiger partial charge in [-0.3, -0.25) is 19.2 Å². The summed E-state index contributed by atoms with van der Waals surface area (Å²) in [6.45, 7) is 13.2. The zero-order valence-corrected chi connectivity index (χ0v) is 30.1. The Morgan fingerprint density at radius 3 is 2.55 bits per heavy atom. The number of rotatable bonds is 17. The summed E-state index contributed by atoms with van der Waals surface area (Å²) in [6.07, 6.45) is 3.59. The number of likely N-dealkylation sites (tertiary alicyclic amines) is 1. The van der Waals surface area contributed by atoms with Gasteiger partial charge in [0.15, 0.2) is 0 Å². The van der Waals surface area contributed by atoms with Gasteiger partial charge in [-0.2, -0.15) is 0 Å². The van der Waals surface area contributed by atoms with Crippen molar-refractivity contribution in [2.75, 3.05) is 31.8 Å². The monoisotopic (exact) mass is 701 g/mol. The van der Waals surface area contributed by atoms with Crippen LogP contribution in [0.1, 0.15) is 61.8 Å². The van der Waals surface area contributed by atoms with Crippen molar-refractivity contribution in [1.29, 1.82) is 0 Å². The van der Waals surface area contributed by atoms with E-state index in [-0.39, 0.29) is 38.0 Å². The number of esters is 1. The van der Waals surface area contributed by atoms with E-state index in [0.717, 1.165) is 11.1 Å². The van der Waals surface area contributed by atoms with Gasteiger partial charge in [0, 0.05) is 25.8 Å². The maximum absolute atomic E-state index is 14.9. The predicted molar refractivity (Wildman–Crippen MR) is 193 cm³/mol. The number of hydrogen-bond donors (Lipinski definition) is 2. The minimum absolute atomic E-state index is 0.0557. The van der Waals surface area contributed by atoms with Gasteiger partial charge in [0.2, 0.25) is 11.8 Å². The van der Waals surface area contributed by atoms with Crippen molar-refractivity contribution in [3.8, 4) is 0 Å². The molecule has 274 valence electrons. The summed E-state index contributed by atoms with van der Waals surface area (Å²) in [6, 6.07) is 12.4. The number of nitrogens with zero attached hydrogens (tertiary/aromatic N) is 2. The van der Waals surface area contributed by atoms with Crippen molar-refractivity contribution in [3.63, 3.8) is 0 Å². The summed E-state index contributed by atoms with van der Waals surface area (Å²) >= 11 is 0. The van der Waals surface area contributed by atoms with Crippen LogP contribution in [0.3, 0.4) is 0 Å². The van der Waals surface area contributed by atoms with Crippen LogP contribution in [0.5, 0.6) is 0 Å². The lowest BCUT2D eigenvalue weighted by Gasteiger charge is -2.39. The predicted octanol–water partition coefficient (Wildman–Crippen LogP) is 4.35. The molecule has 8 atom stereocenters. The Morgan fingerprint density at radius 1 is 1.16 bits per heavy atom. The van der Waals surface area contributed by atoms with Crippen molar-refractivity contribution in [2.45, 2.75) is 88.8 Å². The first-order valence-corrected chi connectivity index (χ1v) is 17.8. The molecule has 0 aromatic heterocycles. The van der Waals surface area contributed by atoms with Crippen molar-refractivity contribution in [1.82, 2.24) is 10.2 Å². The van der Waals surface area contributed by atoms with Crippen LogP contribution in [-0.2, 0) is 33.4 Å². The molecule has 2 aromatic rings. The van der Waals surface area contributed by atoms with Gasteiger partial charge in [-0.1, -0.05) is 61.5 Å². The maximum atomic E-state index is 14.9. The molecular weight excluding hydrogens is 650 g/mol. The van der Waals surface area contributed by atoms with Crippen LogP contribution in [0.15, 0.2) is 73.8 Å². The van der Waals surface area contributed by atoms with Crippen LogP contribution >= 0.6 is 0 Å². The van der Waals surface area contributed by atoms with Gasteiger partial charge in [-0.05, 0) is 62.3 Å². The summed E-state index contributed by atoms with van der Waals surface area (Å²) in [5.74, 6) is -3.70. The lowest BCUT2D eigenvalue weighted by atomic mass is 9.70. The number of hydrogen-bond acceptors (Lipinski definition) is 8. The molecule has 11 nitrogen and oxygen atoms in total. The smallest absolute Gasteiger partial charge is 0.313 e. The Morgan fingerprint density at radius 2 is 1.90 bits per heavy atom. The second-order valence-corrected chi connectivity index (χ2v) is 13.8. The highest BCUT2D eigenvalue weighted by Crippen LogP contribution is 2.59. The van der Waals surface area contributed by atoms with E-state index in [9.17, 15) is 24.3 Å². The van der Waals surface area contributed by atoms with Crippen LogP contribution in [0, 0.1) is 25.7 Å². The number of carbonyl (C=O) groups is 4. The number of benzene rings is 2. The first kappa shape index (κ1) is 37.9. The van der Waals surface area contributed by atoms with Crippen LogP contribution in [0.4, 0.5) is 5.69 Å². The lowest BCUT2D eigenvalue weighted by molar-refractivity contribution is -0.163. The Labute approximate surface area is 300 Å². The number of anilines is 1. The highest BCUT2D eigenvalue weighted by molar-refractivity contribution is 6.05. The number of nitrogens with one attached hydrogen (secondary N) is 1.